The molecule has 0 saturated heterocycles. The Morgan fingerprint density at radius 2 is 0.848 bits per heavy atom. The predicted octanol–water partition coefficient (Wildman–Crippen LogP) is 5.62. The van der Waals surface area contributed by atoms with Crippen molar-refractivity contribution in [2.45, 2.75) is 23.6 Å². The fourth-order valence-corrected chi connectivity index (χ4v) is 5.72. The minimum atomic E-state index is -4.27. The van der Waals surface area contributed by atoms with Crippen molar-refractivity contribution >= 4 is 31.0 Å². The number of fused-ring (bicyclic) bond motifs is 1. The highest BCUT2D eigenvalue weighted by Gasteiger charge is 2.18. The molecular weight excluding hydrogens is 621 g/mol. The Bertz CT molecular complexity index is 2030. The molecule has 0 saturated carbocycles. The molecule has 0 bridgehead atoms. The molecule has 0 aliphatic heterocycles. The van der Waals surface area contributed by atoms with Gasteiger partial charge in [-0.3, -0.25) is 0 Å². The van der Waals surface area contributed by atoms with Gasteiger partial charge < -0.3 is 9.11 Å². The maximum absolute atomic E-state index is 10.4. The number of pyridine rings is 2. The normalized spacial score (nSPS) is 11.2. The smallest absolute Gasteiger partial charge is 0.212 e. The molecule has 46 heavy (non-hydrogen) atoms. The monoisotopic (exact) mass is 654 g/mol. The van der Waals surface area contributed by atoms with Gasteiger partial charge in [0.25, 0.3) is 0 Å². The molecule has 4 aromatic carbocycles. The lowest BCUT2D eigenvalue weighted by molar-refractivity contribution is -0.660. The lowest BCUT2D eigenvalue weighted by Gasteiger charge is -2.09. The van der Waals surface area contributed by atoms with E-state index >= 15 is 0 Å². The van der Waals surface area contributed by atoms with Crippen molar-refractivity contribution in [2.24, 2.45) is 14.1 Å². The Hall–Kier alpha value is -4.74. The number of hydrogen-bond donors (Lipinski definition) is 0. The average molecular weight is 655 g/mol. The van der Waals surface area contributed by atoms with E-state index in [0.29, 0.717) is 0 Å². The van der Waals surface area contributed by atoms with Crippen molar-refractivity contribution in [3.8, 4) is 22.5 Å². The fraction of sp³-hybridized carbons (Fsp3) is 0.111. The van der Waals surface area contributed by atoms with E-state index in [9.17, 15) is 25.9 Å². The molecule has 0 spiro atoms. The Balaban J connectivity index is 0.000000182. The topological polar surface area (TPSA) is 122 Å². The molecule has 236 valence electrons. The van der Waals surface area contributed by atoms with Crippen LogP contribution in [-0.2, 0) is 34.3 Å². The first kappa shape index (κ1) is 34.1. The Morgan fingerprint density at radius 1 is 0.478 bits per heavy atom. The summed E-state index contributed by atoms with van der Waals surface area (Å²) in [5, 5.41) is 2.56. The van der Waals surface area contributed by atoms with Crippen LogP contribution in [0.3, 0.4) is 0 Å². The Labute approximate surface area is 270 Å². The van der Waals surface area contributed by atoms with Crippen LogP contribution in [-0.4, -0.2) is 25.9 Å². The number of hydrogen-bond acceptors (Lipinski definition) is 6. The minimum Gasteiger partial charge on any atom is -0.744 e. The minimum absolute atomic E-state index is 0.178. The van der Waals surface area contributed by atoms with Crippen molar-refractivity contribution in [3.05, 3.63) is 145 Å². The highest BCUT2D eigenvalue weighted by molar-refractivity contribution is 7.86. The fourth-order valence-electron chi connectivity index (χ4n) is 4.78. The van der Waals surface area contributed by atoms with Gasteiger partial charge >= 0.3 is 0 Å². The molecule has 10 heteroatoms. The summed E-state index contributed by atoms with van der Waals surface area (Å²) in [6.07, 6.45) is 4.19. The molecule has 8 nitrogen and oxygen atoms in total. The van der Waals surface area contributed by atoms with Crippen LogP contribution in [0.2, 0.25) is 0 Å². The van der Waals surface area contributed by atoms with Crippen molar-refractivity contribution < 1.29 is 35.1 Å². The van der Waals surface area contributed by atoms with Gasteiger partial charge in [-0.25, -0.2) is 26.0 Å². The summed E-state index contributed by atoms with van der Waals surface area (Å²) in [5.41, 5.74) is 6.81. The molecule has 0 amide bonds. The van der Waals surface area contributed by atoms with Crippen molar-refractivity contribution in [3.63, 3.8) is 0 Å². The molecule has 0 aliphatic carbocycles. The highest BCUT2D eigenvalue weighted by atomic mass is 32.2. The largest absolute Gasteiger partial charge is 0.744 e. The average Bonchev–Trinajstić information content (AvgIpc) is 3.01. The summed E-state index contributed by atoms with van der Waals surface area (Å²) in [6.45, 7) is 3.64. The molecule has 0 atom stereocenters. The van der Waals surface area contributed by atoms with Gasteiger partial charge in [-0.05, 0) is 67.8 Å². The van der Waals surface area contributed by atoms with E-state index in [1.54, 1.807) is 24.3 Å². The van der Waals surface area contributed by atoms with Crippen molar-refractivity contribution in [1.82, 2.24) is 0 Å². The zero-order valence-corrected chi connectivity index (χ0v) is 27.5. The third-order valence-electron chi connectivity index (χ3n) is 7.19. The number of aryl methyl sites for hydroxylation is 4. The number of rotatable bonds is 4. The third kappa shape index (κ3) is 8.70. The van der Waals surface area contributed by atoms with Gasteiger partial charge in [0.05, 0.1) is 20.9 Å². The molecule has 6 rings (SSSR count). The third-order valence-corrected chi connectivity index (χ3v) is 8.88. The molecule has 6 aromatic rings. The number of aromatic nitrogens is 2. The molecule has 2 heterocycles. The molecular formula is C36H34N2O6S2. The van der Waals surface area contributed by atoms with Crippen LogP contribution in [0.15, 0.2) is 144 Å². The van der Waals surface area contributed by atoms with Gasteiger partial charge in [-0.15, -0.1) is 0 Å². The second kappa shape index (κ2) is 14.6. The van der Waals surface area contributed by atoms with Gasteiger partial charge in [-0.2, -0.15) is 0 Å². The SMILES string of the molecule is C[n+]1ccccc1-c1cccc2cccc(-c3cccc[n+]3C)c12.Cc1ccc(S(=O)(=O)[O-])cc1.Cc1ccc(S(=O)(=O)[O-])cc1. The molecule has 0 unspecified atom stereocenters. The standard InChI is InChI=1S/C22H20N2.2C7H8O3S/c1-23-15-5-3-13-20(23)18-11-7-9-17-10-8-12-19(22(17)18)21-14-4-6-16-24(21)2;2*1-6-2-4-7(5-3-6)11(8,9)10/h3-16H,1-2H3;2*2-5H,1H3,(H,8,9,10)/q+2;;/p-2. The number of nitrogens with zero attached hydrogens (tertiary/aromatic N) is 2. The zero-order valence-electron chi connectivity index (χ0n) is 25.9. The molecule has 0 aliphatic rings. The Kier molecular flexibility index (Phi) is 10.8. The van der Waals surface area contributed by atoms with Crippen molar-refractivity contribution in [2.75, 3.05) is 0 Å². The maximum atomic E-state index is 10.4. The van der Waals surface area contributed by atoms with Gasteiger partial charge in [0, 0.05) is 29.7 Å². The molecule has 0 fully saturated rings. The van der Waals surface area contributed by atoms with Crippen molar-refractivity contribution in [1.29, 1.82) is 0 Å². The molecule has 0 radical (unpaired) electrons. The van der Waals surface area contributed by atoms with Gasteiger partial charge in [-0.1, -0.05) is 59.7 Å². The number of benzene rings is 4. The van der Waals surface area contributed by atoms with Gasteiger partial charge in [0.2, 0.25) is 11.4 Å². The van der Waals surface area contributed by atoms with Gasteiger partial charge in [0.1, 0.15) is 34.3 Å². The molecule has 0 N–H and O–H groups in total. The summed E-state index contributed by atoms with van der Waals surface area (Å²) in [6, 6.07) is 37.3. The van der Waals surface area contributed by atoms with E-state index in [2.05, 4.69) is 108 Å². The highest BCUT2D eigenvalue weighted by Crippen LogP contribution is 2.34. The van der Waals surface area contributed by atoms with E-state index < -0.39 is 20.2 Å². The van der Waals surface area contributed by atoms with Gasteiger partial charge in [0.15, 0.2) is 12.4 Å². The van der Waals surface area contributed by atoms with E-state index in [4.69, 9.17) is 0 Å². The van der Waals surface area contributed by atoms with E-state index in [0.717, 1.165) is 11.1 Å². The van der Waals surface area contributed by atoms with Crippen LogP contribution in [0, 0.1) is 13.8 Å². The summed E-state index contributed by atoms with van der Waals surface area (Å²) >= 11 is 0. The zero-order chi connectivity index (χ0) is 33.5. The maximum Gasteiger partial charge on any atom is 0.212 e. The quantitative estimate of drug-likeness (QED) is 0.180. The van der Waals surface area contributed by atoms with Crippen LogP contribution in [0.5, 0.6) is 0 Å². The van der Waals surface area contributed by atoms with Crippen LogP contribution < -0.4 is 9.13 Å². The van der Waals surface area contributed by atoms with Crippen LogP contribution in [0.1, 0.15) is 11.1 Å². The second-order valence-electron chi connectivity index (χ2n) is 10.6. The van der Waals surface area contributed by atoms with E-state index in [-0.39, 0.29) is 9.79 Å². The van der Waals surface area contributed by atoms with E-state index in [1.165, 1.54) is 57.6 Å². The summed E-state index contributed by atoms with van der Waals surface area (Å²) in [4.78, 5) is -0.355. The molecule has 2 aromatic heterocycles. The first-order valence-electron chi connectivity index (χ1n) is 14.2. The lowest BCUT2D eigenvalue weighted by atomic mass is 9.95. The summed E-state index contributed by atoms with van der Waals surface area (Å²) in [7, 11) is -4.35. The van der Waals surface area contributed by atoms with Crippen LogP contribution >= 0.6 is 0 Å². The van der Waals surface area contributed by atoms with E-state index in [1.807, 2.05) is 13.8 Å². The van der Waals surface area contributed by atoms with Crippen LogP contribution in [0.4, 0.5) is 0 Å². The summed E-state index contributed by atoms with van der Waals surface area (Å²) < 4.78 is 66.7. The first-order valence-corrected chi connectivity index (χ1v) is 17.0. The first-order chi connectivity index (χ1) is 21.8. The second-order valence-corrected chi connectivity index (χ2v) is 13.4. The summed E-state index contributed by atoms with van der Waals surface area (Å²) in [5.74, 6) is 0. The van der Waals surface area contributed by atoms with Crippen LogP contribution in [0.25, 0.3) is 33.3 Å². The predicted molar refractivity (Wildman–Crippen MR) is 175 cm³/mol. The Morgan fingerprint density at radius 3 is 1.17 bits per heavy atom. The lowest BCUT2D eigenvalue weighted by Crippen LogP contribution is -2.30.